The molecule has 194 valence electrons. The normalized spacial score (nSPS) is 17.4. The number of carboxylic acids is 1. The number of methoxy groups -OCH3 is 1. The van der Waals surface area contributed by atoms with E-state index in [0.29, 0.717) is 5.56 Å². The first-order valence-electron chi connectivity index (χ1n) is 11.4. The predicted octanol–water partition coefficient (Wildman–Crippen LogP) is 6.22. The Hall–Kier alpha value is -4.21. The average Bonchev–Trinajstić information content (AvgIpc) is 3.13. The van der Waals surface area contributed by atoms with Gasteiger partial charge in [-0.05, 0) is 48.4 Å². The van der Waals surface area contributed by atoms with Crippen LogP contribution in [0.1, 0.15) is 35.3 Å². The lowest BCUT2D eigenvalue weighted by atomic mass is 10.0. The number of ether oxygens (including phenoxy) is 3. The Bertz CT molecular complexity index is 1300. The van der Waals surface area contributed by atoms with Crippen LogP contribution >= 0.6 is 0 Å². The minimum absolute atomic E-state index is 0.0573. The van der Waals surface area contributed by atoms with E-state index in [4.69, 9.17) is 19.3 Å². The van der Waals surface area contributed by atoms with E-state index < -0.39 is 35.9 Å². The predicted molar refractivity (Wildman–Crippen MR) is 127 cm³/mol. The van der Waals surface area contributed by atoms with E-state index in [1.54, 1.807) is 13.0 Å². The van der Waals surface area contributed by atoms with Crippen molar-refractivity contribution in [3.8, 4) is 17.2 Å². The lowest BCUT2D eigenvalue weighted by Gasteiger charge is -2.23. The Morgan fingerprint density at radius 1 is 1.03 bits per heavy atom. The van der Waals surface area contributed by atoms with Crippen molar-refractivity contribution in [3.63, 3.8) is 0 Å². The smallest absolute Gasteiger partial charge is 0.416 e. The molecule has 0 bridgehead atoms. The molecule has 0 radical (unpaired) electrons. The minimum atomic E-state index is -4.61. The molecule has 0 spiro atoms. The Morgan fingerprint density at radius 2 is 1.73 bits per heavy atom. The van der Waals surface area contributed by atoms with Crippen molar-refractivity contribution in [1.29, 1.82) is 0 Å². The van der Waals surface area contributed by atoms with Gasteiger partial charge in [0.2, 0.25) is 0 Å². The van der Waals surface area contributed by atoms with Crippen LogP contribution in [0.5, 0.6) is 17.2 Å². The lowest BCUT2D eigenvalue weighted by molar-refractivity contribution is -0.138. The summed E-state index contributed by atoms with van der Waals surface area (Å²) in [6, 6.07) is 16.1. The fraction of sp³-hybridized carbons (Fsp3) is 0.259. The number of carbonyl (C=O) groups is 2. The van der Waals surface area contributed by atoms with Gasteiger partial charge < -0.3 is 19.3 Å². The van der Waals surface area contributed by atoms with E-state index in [9.17, 15) is 22.8 Å². The van der Waals surface area contributed by atoms with Crippen LogP contribution in [-0.4, -0.2) is 35.2 Å². The number of amides is 1. The zero-order valence-corrected chi connectivity index (χ0v) is 20.0. The van der Waals surface area contributed by atoms with Crippen LogP contribution in [0.4, 0.5) is 18.0 Å². The van der Waals surface area contributed by atoms with Crippen LogP contribution in [-0.2, 0) is 28.7 Å². The van der Waals surface area contributed by atoms with E-state index in [2.05, 4.69) is 0 Å². The fourth-order valence-electron chi connectivity index (χ4n) is 4.17. The highest BCUT2D eigenvalue weighted by Crippen LogP contribution is 2.40. The Morgan fingerprint density at radius 3 is 2.38 bits per heavy atom. The molecule has 4 rings (SSSR count). The molecule has 2 unspecified atom stereocenters. The van der Waals surface area contributed by atoms with Crippen molar-refractivity contribution in [2.24, 2.45) is 0 Å². The molecule has 1 fully saturated rings. The number of aliphatic carboxylic acids is 1. The number of alkyl halides is 3. The molecule has 1 aliphatic heterocycles. The molecule has 0 aliphatic carbocycles. The standard InChI is InChI=1S/C27H24F3NO6/c1-16-25(18-6-4-3-5-7-18)37-26(34)31(16)15-19-14-20(27(28,29)30)9-11-21(19)36-23-12-17(13-24(32)33)8-10-22(23)35-2/h3-12,14,16,25H,13,15H2,1-2H3,(H,32,33). The molecule has 7 nitrogen and oxygen atoms in total. The van der Waals surface area contributed by atoms with E-state index in [1.807, 2.05) is 30.3 Å². The highest BCUT2D eigenvalue weighted by molar-refractivity contribution is 5.71. The fourth-order valence-corrected chi connectivity index (χ4v) is 4.17. The first-order valence-corrected chi connectivity index (χ1v) is 11.4. The molecular formula is C27H24F3NO6. The summed E-state index contributed by atoms with van der Waals surface area (Å²) in [4.78, 5) is 25.2. The Balaban J connectivity index is 1.69. The van der Waals surface area contributed by atoms with E-state index in [-0.39, 0.29) is 35.8 Å². The maximum atomic E-state index is 13.5. The third kappa shape index (κ3) is 5.79. The number of halogens is 3. The van der Waals surface area contributed by atoms with Gasteiger partial charge in [0.15, 0.2) is 11.5 Å². The maximum Gasteiger partial charge on any atom is 0.416 e. The summed E-state index contributed by atoms with van der Waals surface area (Å²) in [6.07, 6.45) is -6.14. The van der Waals surface area contributed by atoms with Crippen LogP contribution in [0.3, 0.4) is 0 Å². The molecule has 1 heterocycles. The number of carboxylic acid groups (broad SMARTS) is 1. The molecule has 37 heavy (non-hydrogen) atoms. The summed E-state index contributed by atoms with van der Waals surface area (Å²) in [5, 5.41) is 9.11. The molecule has 1 saturated heterocycles. The number of carbonyl (C=O) groups excluding carboxylic acids is 1. The third-order valence-electron chi connectivity index (χ3n) is 6.05. The average molecular weight is 515 g/mol. The summed E-state index contributed by atoms with van der Waals surface area (Å²) in [6.45, 7) is 1.55. The van der Waals surface area contributed by atoms with Crippen LogP contribution in [0.2, 0.25) is 0 Å². The molecule has 1 amide bonds. The van der Waals surface area contributed by atoms with Gasteiger partial charge in [0, 0.05) is 5.56 Å². The van der Waals surface area contributed by atoms with Crippen LogP contribution in [0.25, 0.3) is 0 Å². The second-order valence-corrected chi connectivity index (χ2v) is 8.56. The van der Waals surface area contributed by atoms with Crippen molar-refractivity contribution < 1.29 is 42.1 Å². The zero-order chi connectivity index (χ0) is 26.7. The van der Waals surface area contributed by atoms with Gasteiger partial charge in [-0.15, -0.1) is 0 Å². The zero-order valence-electron chi connectivity index (χ0n) is 20.0. The van der Waals surface area contributed by atoms with Gasteiger partial charge in [0.1, 0.15) is 11.9 Å². The minimum Gasteiger partial charge on any atom is -0.493 e. The van der Waals surface area contributed by atoms with Gasteiger partial charge >= 0.3 is 18.2 Å². The summed E-state index contributed by atoms with van der Waals surface area (Å²) in [5.41, 5.74) is 0.379. The van der Waals surface area contributed by atoms with Gasteiger partial charge in [-0.1, -0.05) is 36.4 Å². The maximum absolute atomic E-state index is 13.5. The molecule has 3 aromatic carbocycles. The van der Waals surface area contributed by atoms with E-state index in [1.165, 1.54) is 30.2 Å². The van der Waals surface area contributed by atoms with Crippen LogP contribution < -0.4 is 9.47 Å². The summed E-state index contributed by atoms with van der Waals surface area (Å²) in [5.74, 6) is -0.609. The largest absolute Gasteiger partial charge is 0.493 e. The quantitative estimate of drug-likeness (QED) is 0.384. The Labute approximate surface area is 211 Å². The molecular weight excluding hydrogens is 491 g/mol. The van der Waals surface area contributed by atoms with Crippen molar-refractivity contribution in [1.82, 2.24) is 4.90 Å². The molecule has 10 heteroatoms. The van der Waals surface area contributed by atoms with Gasteiger partial charge in [0.25, 0.3) is 0 Å². The highest BCUT2D eigenvalue weighted by atomic mass is 19.4. The third-order valence-corrected chi connectivity index (χ3v) is 6.05. The highest BCUT2D eigenvalue weighted by Gasteiger charge is 2.40. The number of hydrogen-bond acceptors (Lipinski definition) is 5. The summed E-state index contributed by atoms with van der Waals surface area (Å²) < 4.78 is 57.4. The first-order chi connectivity index (χ1) is 17.6. The van der Waals surface area contributed by atoms with Gasteiger partial charge in [0.05, 0.1) is 31.7 Å². The van der Waals surface area contributed by atoms with Crippen LogP contribution in [0.15, 0.2) is 66.7 Å². The number of benzene rings is 3. The second kappa shape index (κ2) is 10.4. The van der Waals surface area contributed by atoms with Gasteiger partial charge in [-0.3, -0.25) is 9.69 Å². The lowest BCUT2D eigenvalue weighted by Crippen LogP contribution is -2.31. The van der Waals surface area contributed by atoms with Crippen LogP contribution in [0, 0.1) is 0 Å². The molecule has 2 atom stereocenters. The Kier molecular flexibility index (Phi) is 7.28. The molecule has 0 aromatic heterocycles. The monoisotopic (exact) mass is 515 g/mol. The molecule has 1 N–H and O–H groups in total. The molecule has 3 aromatic rings. The first kappa shape index (κ1) is 25.9. The van der Waals surface area contributed by atoms with Gasteiger partial charge in [-0.25, -0.2) is 4.79 Å². The number of hydrogen-bond donors (Lipinski definition) is 1. The SMILES string of the molecule is COc1ccc(CC(=O)O)cc1Oc1ccc(C(F)(F)F)cc1CN1C(=O)OC(c2ccccc2)C1C. The number of cyclic esters (lactones) is 1. The van der Waals surface area contributed by atoms with E-state index >= 15 is 0 Å². The van der Waals surface area contributed by atoms with Crippen molar-refractivity contribution in [2.75, 3.05) is 7.11 Å². The van der Waals surface area contributed by atoms with E-state index in [0.717, 1.165) is 17.7 Å². The van der Waals surface area contributed by atoms with Gasteiger partial charge in [-0.2, -0.15) is 13.2 Å². The summed E-state index contributed by atoms with van der Waals surface area (Å²) >= 11 is 0. The topological polar surface area (TPSA) is 85.3 Å². The second-order valence-electron chi connectivity index (χ2n) is 8.56. The number of rotatable bonds is 8. The summed E-state index contributed by atoms with van der Waals surface area (Å²) in [7, 11) is 1.39. The molecule has 1 aliphatic rings. The molecule has 0 saturated carbocycles. The van der Waals surface area contributed by atoms with Crippen molar-refractivity contribution >= 4 is 12.1 Å². The van der Waals surface area contributed by atoms with Crippen molar-refractivity contribution in [3.05, 3.63) is 89.0 Å². The number of nitrogens with zero attached hydrogens (tertiary/aromatic N) is 1. The van der Waals surface area contributed by atoms with Crippen molar-refractivity contribution in [2.45, 2.75) is 38.2 Å².